The molecule has 0 saturated carbocycles. The molecule has 0 atom stereocenters. The molecule has 2 aromatic heterocycles. The summed E-state index contributed by atoms with van der Waals surface area (Å²) >= 11 is 1.43. The summed E-state index contributed by atoms with van der Waals surface area (Å²) in [5.41, 5.74) is 2.77. The molecule has 0 aliphatic rings. The second-order valence-corrected chi connectivity index (χ2v) is 6.15. The SMILES string of the molecule is O=C(O)c1ccc(-c2nn3cc(-c4ccc(O)cc4)nc3s2)cc1. The maximum atomic E-state index is 10.9. The van der Waals surface area contributed by atoms with Crippen molar-refractivity contribution >= 4 is 22.3 Å². The van der Waals surface area contributed by atoms with Crippen LogP contribution in [0.3, 0.4) is 0 Å². The van der Waals surface area contributed by atoms with Crippen LogP contribution in [0.2, 0.25) is 0 Å². The van der Waals surface area contributed by atoms with Gasteiger partial charge in [0.2, 0.25) is 4.96 Å². The highest BCUT2D eigenvalue weighted by molar-refractivity contribution is 7.19. The Hall–Kier alpha value is -3.19. The van der Waals surface area contributed by atoms with Crippen LogP contribution in [0.25, 0.3) is 26.8 Å². The number of aromatic carboxylic acids is 1. The number of aromatic hydroxyl groups is 1. The van der Waals surface area contributed by atoms with Crippen LogP contribution in [0.15, 0.2) is 54.7 Å². The van der Waals surface area contributed by atoms with Gasteiger partial charge in [-0.2, -0.15) is 5.10 Å². The van der Waals surface area contributed by atoms with Gasteiger partial charge >= 0.3 is 5.97 Å². The molecule has 0 radical (unpaired) electrons. The minimum Gasteiger partial charge on any atom is -0.508 e. The van der Waals surface area contributed by atoms with Crippen molar-refractivity contribution in [2.45, 2.75) is 0 Å². The fourth-order valence-corrected chi connectivity index (χ4v) is 3.23. The summed E-state index contributed by atoms with van der Waals surface area (Å²) in [7, 11) is 0. The van der Waals surface area contributed by atoms with E-state index in [0.717, 1.165) is 26.8 Å². The summed E-state index contributed by atoms with van der Waals surface area (Å²) in [6.07, 6.45) is 1.83. The Morgan fingerprint density at radius 2 is 1.67 bits per heavy atom. The van der Waals surface area contributed by atoms with Crippen LogP contribution in [0.5, 0.6) is 5.75 Å². The van der Waals surface area contributed by atoms with E-state index in [-0.39, 0.29) is 11.3 Å². The fourth-order valence-electron chi connectivity index (χ4n) is 2.34. The maximum Gasteiger partial charge on any atom is 0.335 e. The molecule has 6 nitrogen and oxygen atoms in total. The molecule has 2 N–H and O–H groups in total. The van der Waals surface area contributed by atoms with E-state index < -0.39 is 5.97 Å². The molecule has 2 heterocycles. The van der Waals surface area contributed by atoms with E-state index in [2.05, 4.69) is 10.1 Å². The average molecular weight is 337 g/mol. The van der Waals surface area contributed by atoms with Crippen molar-refractivity contribution < 1.29 is 15.0 Å². The molecule has 0 unspecified atom stereocenters. The van der Waals surface area contributed by atoms with Crippen LogP contribution in [0.4, 0.5) is 0 Å². The number of carboxylic acids is 1. The number of carboxylic acid groups (broad SMARTS) is 1. The minimum absolute atomic E-state index is 0.213. The van der Waals surface area contributed by atoms with Gasteiger partial charge in [-0.3, -0.25) is 0 Å². The van der Waals surface area contributed by atoms with Crippen molar-refractivity contribution in [3.63, 3.8) is 0 Å². The fraction of sp³-hybridized carbons (Fsp3) is 0. The van der Waals surface area contributed by atoms with Crippen LogP contribution in [-0.2, 0) is 0 Å². The number of carbonyl (C=O) groups is 1. The van der Waals surface area contributed by atoms with Gasteiger partial charge in [-0.05, 0) is 36.4 Å². The molecule has 0 bridgehead atoms. The zero-order valence-corrected chi connectivity index (χ0v) is 13.1. The number of aromatic nitrogens is 3. The van der Waals surface area contributed by atoms with Gasteiger partial charge < -0.3 is 10.2 Å². The highest BCUT2D eigenvalue weighted by atomic mass is 32.1. The Labute approximate surface area is 140 Å². The third kappa shape index (κ3) is 2.50. The third-order valence-corrected chi connectivity index (χ3v) is 4.56. The number of phenols is 1. The first-order chi connectivity index (χ1) is 11.6. The minimum atomic E-state index is -0.950. The van der Waals surface area contributed by atoms with Gasteiger partial charge in [0, 0.05) is 11.1 Å². The first-order valence-corrected chi connectivity index (χ1v) is 7.91. The maximum absolute atomic E-state index is 10.9. The van der Waals surface area contributed by atoms with Crippen LogP contribution in [-0.4, -0.2) is 30.8 Å². The van der Waals surface area contributed by atoms with Gasteiger partial charge in [-0.25, -0.2) is 14.3 Å². The molecule has 24 heavy (non-hydrogen) atoms. The van der Waals surface area contributed by atoms with Gasteiger partial charge in [-0.15, -0.1) is 0 Å². The summed E-state index contributed by atoms with van der Waals surface area (Å²) in [6, 6.07) is 13.4. The first-order valence-electron chi connectivity index (χ1n) is 7.09. The van der Waals surface area contributed by atoms with Crippen molar-refractivity contribution in [1.82, 2.24) is 14.6 Å². The van der Waals surface area contributed by atoms with Gasteiger partial charge in [0.1, 0.15) is 10.8 Å². The Bertz CT molecular complexity index is 1000. The Balaban J connectivity index is 1.68. The Morgan fingerprint density at radius 3 is 2.29 bits per heavy atom. The van der Waals surface area contributed by atoms with Crippen LogP contribution in [0, 0.1) is 0 Å². The number of benzene rings is 2. The lowest BCUT2D eigenvalue weighted by atomic mass is 10.1. The molecule has 4 aromatic rings. The summed E-state index contributed by atoms with van der Waals surface area (Å²) < 4.78 is 1.70. The first kappa shape index (κ1) is 14.4. The van der Waals surface area contributed by atoms with Crippen LogP contribution >= 0.6 is 11.3 Å². The van der Waals surface area contributed by atoms with E-state index in [9.17, 15) is 9.90 Å². The summed E-state index contributed by atoms with van der Waals surface area (Å²) in [5.74, 6) is -0.737. The van der Waals surface area contributed by atoms with E-state index in [1.807, 2.05) is 6.20 Å². The van der Waals surface area contributed by atoms with Crippen molar-refractivity contribution in [3.05, 3.63) is 60.3 Å². The number of nitrogens with zero attached hydrogens (tertiary/aromatic N) is 3. The molecule has 0 fully saturated rings. The topological polar surface area (TPSA) is 87.7 Å². The Kier molecular flexibility index (Phi) is 3.28. The molecule has 118 valence electrons. The van der Waals surface area contributed by atoms with E-state index >= 15 is 0 Å². The van der Waals surface area contributed by atoms with Crippen LogP contribution < -0.4 is 0 Å². The largest absolute Gasteiger partial charge is 0.508 e. The molecular formula is C17H11N3O3S. The number of fused-ring (bicyclic) bond motifs is 1. The smallest absolute Gasteiger partial charge is 0.335 e. The normalized spacial score (nSPS) is 11.0. The Morgan fingerprint density at radius 1 is 1.00 bits per heavy atom. The average Bonchev–Trinajstić information content (AvgIpc) is 3.14. The molecule has 0 aliphatic carbocycles. The van der Waals surface area contributed by atoms with Gasteiger partial charge in [0.05, 0.1) is 17.5 Å². The molecule has 0 spiro atoms. The number of hydrogen-bond donors (Lipinski definition) is 2. The predicted molar refractivity (Wildman–Crippen MR) is 90.4 cm³/mol. The molecule has 4 rings (SSSR count). The zero-order chi connectivity index (χ0) is 16.7. The summed E-state index contributed by atoms with van der Waals surface area (Å²) in [4.78, 5) is 16.2. The van der Waals surface area contributed by atoms with Gasteiger partial charge in [0.25, 0.3) is 0 Å². The van der Waals surface area contributed by atoms with Crippen LogP contribution in [0.1, 0.15) is 10.4 Å². The molecule has 0 saturated heterocycles. The quantitative estimate of drug-likeness (QED) is 0.597. The van der Waals surface area contributed by atoms with E-state index in [4.69, 9.17) is 5.11 Å². The number of hydrogen-bond acceptors (Lipinski definition) is 5. The van der Waals surface area contributed by atoms with E-state index in [0.29, 0.717) is 0 Å². The van der Waals surface area contributed by atoms with E-state index in [1.54, 1.807) is 53.0 Å². The van der Waals surface area contributed by atoms with Gasteiger partial charge in [0.15, 0.2) is 0 Å². The molecule has 0 amide bonds. The number of rotatable bonds is 3. The van der Waals surface area contributed by atoms with Crippen molar-refractivity contribution in [3.8, 4) is 27.6 Å². The molecule has 2 aromatic carbocycles. The van der Waals surface area contributed by atoms with Crippen molar-refractivity contribution in [2.24, 2.45) is 0 Å². The summed E-state index contributed by atoms with van der Waals surface area (Å²) in [5, 5.41) is 23.6. The number of phenolic OH excluding ortho intramolecular Hbond substituents is 1. The zero-order valence-electron chi connectivity index (χ0n) is 12.2. The number of imidazole rings is 1. The second-order valence-electron chi connectivity index (χ2n) is 5.19. The molecule has 7 heteroatoms. The highest BCUT2D eigenvalue weighted by Gasteiger charge is 2.12. The van der Waals surface area contributed by atoms with Crippen molar-refractivity contribution in [1.29, 1.82) is 0 Å². The molecular weight excluding hydrogens is 326 g/mol. The second kappa shape index (κ2) is 5.47. The van der Waals surface area contributed by atoms with Gasteiger partial charge in [-0.1, -0.05) is 23.5 Å². The summed E-state index contributed by atoms with van der Waals surface area (Å²) in [6.45, 7) is 0. The third-order valence-electron chi connectivity index (χ3n) is 3.59. The lowest BCUT2D eigenvalue weighted by Crippen LogP contribution is -1.94. The predicted octanol–water partition coefficient (Wildman–Crippen LogP) is 3.53. The lowest BCUT2D eigenvalue weighted by molar-refractivity contribution is 0.0697. The van der Waals surface area contributed by atoms with Crippen molar-refractivity contribution in [2.75, 3.05) is 0 Å². The highest BCUT2D eigenvalue weighted by Crippen LogP contribution is 2.28. The monoisotopic (exact) mass is 337 g/mol. The standard InChI is InChI=1S/C17H11N3O3S/c21-13-7-5-10(6-8-13)14-9-20-17(18-14)24-15(19-20)11-1-3-12(4-2-11)16(22)23/h1-9,21H,(H,22,23). The lowest BCUT2D eigenvalue weighted by Gasteiger charge is -1.97. The van der Waals surface area contributed by atoms with E-state index in [1.165, 1.54) is 11.3 Å². The molecule has 0 aliphatic heterocycles.